The number of rotatable bonds is 5. The van der Waals surface area contributed by atoms with Crippen LogP contribution >= 0.6 is 0 Å². The zero-order valence-electron chi connectivity index (χ0n) is 14.8. The quantitative estimate of drug-likeness (QED) is 0.477. The Labute approximate surface area is 160 Å². The molecule has 9 nitrogen and oxygen atoms in total. The number of hydrogen-bond donors (Lipinski definition) is 0. The molecule has 1 aliphatic rings. The molecular formula is C18H17N3O6S. The Morgan fingerprint density at radius 3 is 2.39 bits per heavy atom. The number of nitro benzene ring substituents is 1. The number of hydrogen-bond acceptors (Lipinski definition) is 6. The van der Waals surface area contributed by atoms with Gasteiger partial charge in [-0.2, -0.15) is 4.31 Å². The molecule has 0 amide bonds. The molecule has 2 aromatic carbocycles. The number of fused-ring (bicyclic) bond motifs is 1. The van der Waals surface area contributed by atoms with E-state index in [1.54, 1.807) is 18.2 Å². The van der Waals surface area contributed by atoms with Gasteiger partial charge in [-0.05, 0) is 30.5 Å². The van der Waals surface area contributed by atoms with Crippen molar-refractivity contribution >= 4 is 26.8 Å². The van der Waals surface area contributed by atoms with E-state index < -0.39 is 20.7 Å². The molecule has 0 radical (unpaired) electrons. The first kappa shape index (κ1) is 18.4. The summed E-state index contributed by atoms with van der Waals surface area (Å²) in [7, 11) is -3.61. The maximum Gasteiger partial charge on any atom is 0.420 e. The molecule has 1 aliphatic heterocycles. The third-order valence-corrected chi connectivity index (χ3v) is 6.73. The monoisotopic (exact) mass is 403 g/mol. The van der Waals surface area contributed by atoms with E-state index in [0.29, 0.717) is 24.2 Å². The Hall–Kier alpha value is -2.98. The number of aromatic nitrogens is 1. The largest absolute Gasteiger partial charge is 0.420 e. The maximum absolute atomic E-state index is 12.7. The molecule has 146 valence electrons. The molecular weight excluding hydrogens is 386 g/mol. The number of nitro groups is 1. The van der Waals surface area contributed by atoms with Crippen molar-refractivity contribution in [1.29, 1.82) is 0 Å². The first-order valence-corrected chi connectivity index (χ1v) is 10.2. The van der Waals surface area contributed by atoms with Crippen molar-refractivity contribution in [3.63, 3.8) is 0 Å². The Morgan fingerprint density at radius 2 is 1.75 bits per heavy atom. The summed E-state index contributed by atoms with van der Waals surface area (Å²) in [5, 5.41) is 10.7. The minimum Gasteiger partial charge on any atom is -0.408 e. The van der Waals surface area contributed by atoms with Crippen molar-refractivity contribution in [2.75, 3.05) is 13.1 Å². The summed E-state index contributed by atoms with van der Waals surface area (Å²) in [5.41, 5.74) is 1.30. The smallest absolute Gasteiger partial charge is 0.408 e. The minimum atomic E-state index is -3.61. The van der Waals surface area contributed by atoms with Crippen LogP contribution in [-0.4, -0.2) is 35.3 Å². The number of nitrogens with zero attached hydrogens (tertiary/aromatic N) is 3. The van der Waals surface area contributed by atoms with Crippen molar-refractivity contribution in [3.8, 4) is 0 Å². The maximum atomic E-state index is 12.7. The highest BCUT2D eigenvalue weighted by Gasteiger charge is 2.28. The molecule has 0 spiro atoms. The Kier molecular flexibility index (Phi) is 4.52. The van der Waals surface area contributed by atoms with Crippen molar-refractivity contribution < 1.29 is 17.8 Å². The average Bonchev–Trinajstić information content (AvgIpc) is 3.31. The first-order chi connectivity index (χ1) is 13.4. The summed E-state index contributed by atoms with van der Waals surface area (Å²) in [6, 6.07) is 10.3. The summed E-state index contributed by atoms with van der Waals surface area (Å²) in [4.78, 5) is 22.6. The molecule has 0 bridgehead atoms. The van der Waals surface area contributed by atoms with Crippen LogP contribution < -0.4 is 5.76 Å². The highest BCUT2D eigenvalue weighted by Crippen LogP contribution is 2.24. The Bertz CT molecular complexity index is 1200. The van der Waals surface area contributed by atoms with E-state index in [4.69, 9.17) is 4.42 Å². The van der Waals surface area contributed by atoms with E-state index in [1.165, 1.54) is 33.1 Å². The van der Waals surface area contributed by atoms with E-state index in [9.17, 15) is 23.3 Å². The van der Waals surface area contributed by atoms with Crippen LogP contribution in [0.5, 0.6) is 0 Å². The molecule has 1 fully saturated rings. The van der Waals surface area contributed by atoms with E-state index in [2.05, 4.69) is 0 Å². The molecule has 0 N–H and O–H groups in total. The third-order valence-electron chi connectivity index (χ3n) is 4.83. The van der Waals surface area contributed by atoms with Crippen LogP contribution in [0.2, 0.25) is 0 Å². The number of non-ortho nitro benzene ring substituents is 1. The Morgan fingerprint density at radius 1 is 1.07 bits per heavy atom. The second kappa shape index (κ2) is 6.88. The number of benzene rings is 2. The fraction of sp³-hybridized carbons (Fsp3) is 0.278. The lowest BCUT2D eigenvalue weighted by molar-refractivity contribution is -0.384. The SMILES string of the molecule is O=c1oc2cc(S(=O)(=O)N3CCCC3)ccc2n1Cc1ccc([N+](=O)[O-])cc1. The fourth-order valence-electron chi connectivity index (χ4n) is 3.34. The van der Waals surface area contributed by atoms with E-state index >= 15 is 0 Å². The van der Waals surface area contributed by atoms with Crippen molar-refractivity contribution in [2.45, 2.75) is 24.3 Å². The van der Waals surface area contributed by atoms with Crippen LogP contribution in [0.4, 0.5) is 5.69 Å². The molecule has 3 aromatic rings. The molecule has 4 rings (SSSR count). The summed E-state index contributed by atoms with van der Waals surface area (Å²) in [6.07, 6.45) is 1.67. The van der Waals surface area contributed by atoms with Crippen LogP contribution in [0.25, 0.3) is 11.1 Å². The second-order valence-corrected chi connectivity index (χ2v) is 8.56. The van der Waals surface area contributed by atoms with Crippen LogP contribution in [0, 0.1) is 10.1 Å². The summed E-state index contributed by atoms with van der Waals surface area (Å²) >= 11 is 0. The predicted octanol–water partition coefficient (Wildman–Crippen LogP) is 2.34. The number of oxazole rings is 1. The van der Waals surface area contributed by atoms with E-state index in [1.807, 2.05) is 0 Å². The van der Waals surface area contributed by atoms with Gasteiger partial charge in [0.25, 0.3) is 5.69 Å². The molecule has 2 heterocycles. The van der Waals surface area contributed by atoms with Gasteiger partial charge in [0.05, 0.1) is 21.9 Å². The standard InChI is InChI=1S/C18H17N3O6S/c22-18-20(12-13-3-5-14(6-4-13)21(23)24)16-8-7-15(11-17(16)27-18)28(25,26)19-9-1-2-10-19/h3-8,11H,1-2,9-10,12H2. The Balaban J connectivity index is 1.68. The predicted molar refractivity (Wildman–Crippen MR) is 101 cm³/mol. The summed E-state index contributed by atoms with van der Waals surface area (Å²) < 4.78 is 33.4. The highest BCUT2D eigenvalue weighted by molar-refractivity contribution is 7.89. The molecule has 1 saturated heterocycles. The summed E-state index contributed by atoms with van der Waals surface area (Å²) in [5.74, 6) is -0.621. The van der Waals surface area contributed by atoms with Gasteiger partial charge in [-0.15, -0.1) is 0 Å². The van der Waals surface area contributed by atoms with Gasteiger partial charge in [0.15, 0.2) is 5.58 Å². The third kappa shape index (κ3) is 3.20. The minimum absolute atomic E-state index is 0.0371. The highest BCUT2D eigenvalue weighted by atomic mass is 32.2. The van der Waals surface area contributed by atoms with Gasteiger partial charge in [0, 0.05) is 31.3 Å². The lowest BCUT2D eigenvalue weighted by Crippen LogP contribution is -2.27. The van der Waals surface area contributed by atoms with Crippen LogP contribution in [0.3, 0.4) is 0 Å². The molecule has 0 saturated carbocycles. The normalized spacial score (nSPS) is 15.3. The fourth-order valence-corrected chi connectivity index (χ4v) is 4.87. The van der Waals surface area contributed by atoms with Gasteiger partial charge in [0.2, 0.25) is 10.0 Å². The van der Waals surface area contributed by atoms with Gasteiger partial charge in [-0.3, -0.25) is 14.7 Å². The van der Waals surface area contributed by atoms with Crippen molar-refractivity contribution in [1.82, 2.24) is 8.87 Å². The van der Waals surface area contributed by atoms with Crippen LogP contribution in [0.15, 0.2) is 56.6 Å². The van der Waals surface area contributed by atoms with Gasteiger partial charge in [0.1, 0.15) is 0 Å². The molecule has 10 heteroatoms. The zero-order valence-corrected chi connectivity index (χ0v) is 15.6. The van der Waals surface area contributed by atoms with E-state index in [0.717, 1.165) is 12.8 Å². The first-order valence-electron chi connectivity index (χ1n) is 8.73. The van der Waals surface area contributed by atoms with Gasteiger partial charge in [-0.25, -0.2) is 13.2 Å². The van der Waals surface area contributed by atoms with Gasteiger partial charge >= 0.3 is 5.76 Å². The topological polar surface area (TPSA) is 116 Å². The molecule has 0 atom stereocenters. The van der Waals surface area contributed by atoms with Gasteiger partial charge in [-0.1, -0.05) is 12.1 Å². The molecule has 0 unspecified atom stereocenters. The zero-order chi connectivity index (χ0) is 19.9. The summed E-state index contributed by atoms with van der Waals surface area (Å²) in [6.45, 7) is 1.14. The van der Waals surface area contributed by atoms with Crippen LogP contribution in [0.1, 0.15) is 18.4 Å². The lowest BCUT2D eigenvalue weighted by Gasteiger charge is -2.15. The second-order valence-electron chi connectivity index (χ2n) is 6.62. The van der Waals surface area contributed by atoms with Crippen molar-refractivity contribution in [3.05, 3.63) is 68.7 Å². The molecule has 1 aromatic heterocycles. The molecule has 0 aliphatic carbocycles. The lowest BCUT2D eigenvalue weighted by atomic mass is 10.2. The van der Waals surface area contributed by atoms with Crippen LogP contribution in [-0.2, 0) is 16.6 Å². The van der Waals surface area contributed by atoms with Crippen molar-refractivity contribution in [2.24, 2.45) is 0 Å². The molecule has 28 heavy (non-hydrogen) atoms. The number of sulfonamides is 1. The van der Waals surface area contributed by atoms with Gasteiger partial charge < -0.3 is 4.42 Å². The van der Waals surface area contributed by atoms with E-state index in [-0.39, 0.29) is 22.7 Å². The average molecular weight is 403 g/mol.